The fraction of sp³-hybridized carbons (Fsp3) is 0. The van der Waals surface area contributed by atoms with Crippen molar-refractivity contribution in [2.75, 3.05) is 0 Å². The summed E-state index contributed by atoms with van der Waals surface area (Å²) in [6, 6.07) is 31.0. The quantitative estimate of drug-likeness (QED) is 0.198. The molecule has 0 aliphatic carbocycles. The smallest absolute Gasteiger partial charge is 0.135 e. The molecule has 0 saturated heterocycles. The zero-order valence-corrected chi connectivity index (χ0v) is 24.2. The van der Waals surface area contributed by atoms with Gasteiger partial charge in [0.1, 0.15) is 11.5 Å². The van der Waals surface area contributed by atoms with Crippen LogP contribution < -0.4 is 4.74 Å². The zero-order chi connectivity index (χ0) is 38.0. The van der Waals surface area contributed by atoms with Crippen LogP contribution in [0.4, 0.5) is 0 Å². The highest BCUT2D eigenvalue weighted by Crippen LogP contribution is 2.48. The monoisotopic (exact) mass is 594 g/mol. The maximum atomic E-state index is 9.49. The Labute approximate surface area is 279 Å². The largest absolute Gasteiger partial charge is 0.456 e. The van der Waals surface area contributed by atoms with Crippen LogP contribution in [0.2, 0.25) is 0 Å². The van der Waals surface area contributed by atoms with Gasteiger partial charge in [-0.05, 0) is 68.9 Å². The van der Waals surface area contributed by atoms with Gasteiger partial charge in [-0.25, -0.2) is 0 Å². The van der Waals surface area contributed by atoms with Crippen LogP contribution in [0.3, 0.4) is 0 Å². The molecule has 8 aromatic carbocycles. The molecule has 0 N–H and O–H groups in total. The summed E-state index contributed by atoms with van der Waals surface area (Å²) >= 11 is 0. The third-order valence-corrected chi connectivity index (χ3v) is 8.86. The summed E-state index contributed by atoms with van der Waals surface area (Å²) in [7, 11) is 0. The second kappa shape index (κ2) is 9.69. The van der Waals surface area contributed by atoms with Gasteiger partial charge in [0.25, 0.3) is 0 Å². The first-order chi connectivity index (χ1) is 26.6. The molecular weight excluding hydrogens is 558 g/mol. The summed E-state index contributed by atoms with van der Waals surface area (Å²) in [5.41, 5.74) is 3.54. The number of hydrogen-bond acceptors (Lipinski definition) is 1. The van der Waals surface area contributed by atoms with E-state index in [2.05, 4.69) is 16.7 Å². The third-order valence-electron chi connectivity index (χ3n) is 8.86. The summed E-state index contributed by atoms with van der Waals surface area (Å²) in [5.74, 6) is 0.285. The van der Waals surface area contributed by atoms with E-state index in [0.29, 0.717) is 16.9 Å². The Morgan fingerprint density at radius 1 is 0.457 bits per heavy atom. The molecular formula is C44H27NO. The Balaban J connectivity index is 1.31. The first-order valence-electron chi connectivity index (χ1n) is 19.5. The normalized spacial score (nSPS) is 14.8. The molecule has 2 nitrogen and oxygen atoms in total. The van der Waals surface area contributed by atoms with Crippen molar-refractivity contribution >= 4 is 43.4 Å². The van der Waals surface area contributed by atoms with E-state index in [4.69, 9.17) is 10.2 Å². The van der Waals surface area contributed by atoms with Crippen LogP contribution in [0.1, 0.15) is 12.3 Å². The van der Waals surface area contributed by atoms with Gasteiger partial charge in [-0.2, -0.15) is 0 Å². The van der Waals surface area contributed by atoms with Gasteiger partial charge in [-0.1, -0.05) is 133 Å². The molecule has 0 unspecified atom stereocenters. The molecule has 46 heavy (non-hydrogen) atoms. The molecule has 0 radical (unpaired) electrons. The first-order valence-corrected chi connectivity index (χ1v) is 15.0. The lowest BCUT2D eigenvalue weighted by Gasteiger charge is -2.22. The van der Waals surface area contributed by atoms with Crippen molar-refractivity contribution in [1.82, 2.24) is 4.57 Å². The van der Waals surface area contributed by atoms with Crippen molar-refractivity contribution < 1.29 is 17.1 Å². The van der Waals surface area contributed by atoms with Gasteiger partial charge in [0.2, 0.25) is 0 Å². The fourth-order valence-electron chi connectivity index (χ4n) is 6.86. The van der Waals surface area contributed by atoms with Crippen LogP contribution in [0.25, 0.3) is 82.4 Å². The molecule has 0 saturated carbocycles. The standard InChI is InChI=1S/C44H27NO/c1-2-11-31(12-3-1)45-39-18-9-15-33(42(39)38-25-24-28-10-4-5-13-34(28)44(38)45)30-22-20-29(21-23-30)32-26-27-41-43-36(32)16-8-17-37(43)35-14-6-7-19-40(35)46-41/h1-27H/i8D,16D,17D,20D,21D,22D,23D,26D,27D. The van der Waals surface area contributed by atoms with Gasteiger partial charge >= 0.3 is 0 Å². The van der Waals surface area contributed by atoms with Crippen molar-refractivity contribution in [2.24, 2.45) is 0 Å². The Hall–Kier alpha value is -6.12. The first kappa shape index (κ1) is 18.0. The number of aromatic nitrogens is 1. The number of benzene rings is 8. The average molecular weight is 595 g/mol. The van der Waals surface area contributed by atoms with E-state index in [1.807, 2.05) is 66.7 Å². The molecule has 0 amide bonds. The third kappa shape index (κ3) is 3.59. The SMILES string of the molecule is [2H]c1c([2H])c(-c2cccc3c2c2ccc4ccccc4c2n3-c2ccccc2)c([2H])c([2H])c1-c1c([2H])c([2H])c2c3c(c([2H])c([2H])c([2H])c13)-c1ccccc1O2. The Morgan fingerprint density at radius 2 is 1.22 bits per heavy atom. The molecule has 2 heteroatoms. The minimum Gasteiger partial charge on any atom is -0.456 e. The van der Waals surface area contributed by atoms with Crippen molar-refractivity contribution in [3.8, 4) is 50.6 Å². The number of nitrogens with zero attached hydrogens (tertiary/aromatic N) is 1. The molecule has 1 aliphatic rings. The van der Waals surface area contributed by atoms with E-state index in [-0.39, 0.29) is 62.9 Å². The second-order valence-electron chi connectivity index (χ2n) is 11.4. The lowest BCUT2D eigenvalue weighted by molar-refractivity contribution is 0.487. The molecule has 1 aliphatic heterocycles. The predicted molar refractivity (Wildman–Crippen MR) is 192 cm³/mol. The van der Waals surface area contributed by atoms with E-state index < -0.39 is 30.2 Å². The highest BCUT2D eigenvalue weighted by molar-refractivity contribution is 6.22. The minimum atomic E-state index is -0.466. The molecule has 0 spiro atoms. The van der Waals surface area contributed by atoms with Gasteiger partial charge in [0.05, 0.1) is 23.4 Å². The Morgan fingerprint density at radius 3 is 2.11 bits per heavy atom. The van der Waals surface area contributed by atoms with E-state index in [1.54, 1.807) is 30.3 Å². The highest BCUT2D eigenvalue weighted by Gasteiger charge is 2.22. The summed E-state index contributed by atoms with van der Waals surface area (Å²) in [5, 5.41) is 3.81. The zero-order valence-electron chi connectivity index (χ0n) is 33.2. The minimum absolute atomic E-state index is 0.0324. The van der Waals surface area contributed by atoms with Crippen molar-refractivity contribution in [3.63, 3.8) is 0 Å². The van der Waals surface area contributed by atoms with Gasteiger partial charge < -0.3 is 9.30 Å². The molecule has 2 heterocycles. The highest BCUT2D eigenvalue weighted by atomic mass is 16.5. The Kier molecular flexibility index (Phi) is 3.79. The summed E-state index contributed by atoms with van der Waals surface area (Å²) in [6.45, 7) is 0. The number of ether oxygens (including phenoxy) is 1. The number of fused-ring (bicyclic) bond motifs is 7. The Bertz CT molecular complexity index is 3140. The van der Waals surface area contributed by atoms with Crippen molar-refractivity contribution in [1.29, 1.82) is 0 Å². The van der Waals surface area contributed by atoms with Gasteiger partial charge in [0, 0.05) is 32.8 Å². The van der Waals surface area contributed by atoms with Crippen molar-refractivity contribution in [3.05, 3.63) is 164 Å². The van der Waals surface area contributed by atoms with Crippen LogP contribution in [-0.2, 0) is 0 Å². The molecule has 10 rings (SSSR count). The lowest BCUT2D eigenvalue weighted by Crippen LogP contribution is -1.97. The van der Waals surface area contributed by atoms with Crippen LogP contribution in [0.5, 0.6) is 11.5 Å². The van der Waals surface area contributed by atoms with Gasteiger partial charge in [-0.15, -0.1) is 0 Å². The average Bonchev–Trinajstić information content (AvgIpc) is 3.56. The number of hydrogen-bond donors (Lipinski definition) is 0. The maximum Gasteiger partial charge on any atom is 0.135 e. The lowest BCUT2D eigenvalue weighted by atomic mass is 9.90. The topological polar surface area (TPSA) is 14.2 Å². The van der Waals surface area contributed by atoms with Crippen LogP contribution in [-0.4, -0.2) is 4.57 Å². The summed E-state index contributed by atoms with van der Waals surface area (Å²) in [4.78, 5) is 0. The fourth-order valence-corrected chi connectivity index (χ4v) is 6.86. The molecule has 0 atom stereocenters. The van der Waals surface area contributed by atoms with E-state index in [1.165, 1.54) is 0 Å². The summed E-state index contributed by atoms with van der Waals surface area (Å²) < 4.78 is 91.2. The predicted octanol–water partition coefficient (Wildman–Crippen LogP) is 12.2. The molecule has 0 bridgehead atoms. The summed E-state index contributed by atoms with van der Waals surface area (Å²) in [6.07, 6.45) is 0. The molecule has 214 valence electrons. The second-order valence-corrected chi connectivity index (χ2v) is 11.4. The van der Waals surface area contributed by atoms with Crippen LogP contribution in [0.15, 0.2) is 164 Å². The molecule has 0 fully saturated rings. The van der Waals surface area contributed by atoms with E-state index >= 15 is 0 Å². The molecule has 9 aromatic rings. The number of para-hydroxylation sites is 2. The van der Waals surface area contributed by atoms with Crippen LogP contribution >= 0.6 is 0 Å². The molecule has 1 aromatic heterocycles. The van der Waals surface area contributed by atoms with E-state index in [9.17, 15) is 6.85 Å². The van der Waals surface area contributed by atoms with Crippen molar-refractivity contribution in [2.45, 2.75) is 0 Å². The van der Waals surface area contributed by atoms with Gasteiger partial charge in [0.15, 0.2) is 0 Å². The number of rotatable bonds is 3. The maximum absolute atomic E-state index is 9.49. The van der Waals surface area contributed by atoms with Crippen LogP contribution in [0, 0.1) is 0 Å². The van der Waals surface area contributed by atoms with Gasteiger partial charge in [-0.3, -0.25) is 0 Å². The van der Waals surface area contributed by atoms with E-state index in [0.717, 1.165) is 38.3 Å².